The van der Waals surface area contributed by atoms with E-state index in [1.54, 1.807) is 0 Å². The maximum Gasteiger partial charge on any atom is 0.0880 e. The molecule has 268 valence electrons. The molecule has 1 fully saturated rings. The Balaban J connectivity index is 1.04. The van der Waals surface area contributed by atoms with Crippen molar-refractivity contribution in [3.05, 3.63) is 211 Å². The van der Waals surface area contributed by atoms with E-state index in [-0.39, 0.29) is 18.5 Å². The molecule has 1 aliphatic heterocycles. The van der Waals surface area contributed by atoms with Crippen LogP contribution in [0.4, 0.5) is 0 Å². The molecule has 0 aliphatic carbocycles. The molecule has 3 N–H and O–H groups in total. The Morgan fingerprint density at radius 3 is 1.45 bits per heavy atom. The van der Waals surface area contributed by atoms with Crippen LogP contribution in [0.3, 0.4) is 0 Å². The van der Waals surface area contributed by atoms with Crippen molar-refractivity contribution in [2.75, 3.05) is 0 Å². The zero-order valence-corrected chi connectivity index (χ0v) is 30.5. The van der Waals surface area contributed by atoms with Crippen molar-refractivity contribution in [2.45, 2.75) is 18.5 Å². The summed E-state index contributed by atoms with van der Waals surface area (Å²) in [5.74, 6) is 0. The second-order valence-electron chi connectivity index (χ2n) is 14.6. The van der Waals surface area contributed by atoms with Crippen molar-refractivity contribution in [1.82, 2.24) is 30.1 Å². The molecule has 0 bridgehead atoms. The molecular weight excluding hydrogens is 685 g/mol. The number of para-hydroxylation sites is 3. The highest BCUT2D eigenvalue weighted by atomic mass is 15.4. The van der Waals surface area contributed by atoms with Crippen molar-refractivity contribution in [3.63, 3.8) is 0 Å². The number of hydrogen-bond acceptors (Lipinski definition) is 4. The lowest BCUT2D eigenvalue weighted by Gasteiger charge is -2.39. The van der Waals surface area contributed by atoms with Crippen molar-refractivity contribution in [2.24, 2.45) is 0 Å². The van der Waals surface area contributed by atoms with Gasteiger partial charge in [-0.25, -0.2) is 0 Å². The number of fused-ring (bicyclic) bond motifs is 6. The monoisotopic (exact) mass is 722 g/mol. The lowest BCUT2D eigenvalue weighted by atomic mass is 10.0. The first-order chi connectivity index (χ1) is 27.8. The Morgan fingerprint density at radius 2 is 0.821 bits per heavy atom. The molecule has 0 radical (unpaired) electrons. The van der Waals surface area contributed by atoms with Gasteiger partial charge in [-0.2, -0.15) is 0 Å². The highest BCUT2D eigenvalue weighted by molar-refractivity contribution is 6.19. The summed E-state index contributed by atoms with van der Waals surface area (Å²) in [6.07, 6.45) is 3.58. The highest BCUT2D eigenvalue weighted by Gasteiger charge is 2.30. The van der Waals surface area contributed by atoms with Crippen LogP contribution in [-0.4, -0.2) is 14.1 Å². The zero-order valence-electron chi connectivity index (χ0n) is 30.5. The summed E-state index contributed by atoms with van der Waals surface area (Å²) in [6.45, 7) is 0. The average molecular weight is 723 g/mol. The third-order valence-corrected chi connectivity index (χ3v) is 11.3. The molecule has 0 amide bonds. The lowest BCUT2D eigenvalue weighted by molar-refractivity contribution is 0.203. The first-order valence-electron chi connectivity index (χ1n) is 19.2. The SMILES string of the molecule is c1ccc(-c2ccc(C3NC(c4ccccc4)NC(c4cncc(-n5c6ccccc6c6cc7c8ccccc8n(-c8ccccc8)c7cc65)c4)N3)cc2)cc1. The smallest absolute Gasteiger partial charge is 0.0880 e. The third-order valence-electron chi connectivity index (χ3n) is 11.3. The van der Waals surface area contributed by atoms with Gasteiger partial charge in [-0.15, -0.1) is 0 Å². The summed E-state index contributed by atoms with van der Waals surface area (Å²) < 4.78 is 4.77. The predicted molar refractivity (Wildman–Crippen MR) is 229 cm³/mol. The normalized spacial score (nSPS) is 17.2. The van der Waals surface area contributed by atoms with Crippen molar-refractivity contribution >= 4 is 43.6 Å². The van der Waals surface area contributed by atoms with E-state index >= 15 is 0 Å². The Labute approximate surface area is 324 Å². The second kappa shape index (κ2) is 13.5. The number of aromatic nitrogens is 3. The number of hydrogen-bond donors (Lipinski definition) is 3. The van der Waals surface area contributed by atoms with Gasteiger partial charge in [-0.05, 0) is 64.7 Å². The van der Waals surface area contributed by atoms with Crippen LogP contribution in [-0.2, 0) is 0 Å². The highest BCUT2D eigenvalue weighted by Crippen LogP contribution is 2.40. The first kappa shape index (κ1) is 32.6. The minimum Gasteiger partial charge on any atom is -0.309 e. The van der Waals surface area contributed by atoms with Crippen LogP contribution in [0.5, 0.6) is 0 Å². The number of pyridine rings is 1. The van der Waals surface area contributed by atoms with Crippen LogP contribution in [0, 0.1) is 0 Å². The molecule has 3 aromatic heterocycles. The van der Waals surface area contributed by atoms with Crippen LogP contribution in [0.15, 0.2) is 194 Å². The number of nitrogens with one attached hydrogen (secondary N) is 3. The minimum absolute atomic E-state index is 0.0914. The standard InChI is InChI=1S/C50H38N6/c1-4-14-33(15-5-1)34-24-26-36(27-25-34)49-52-48(35-16-6-2-7-17-35)53-50(54-49)37-28-39(32-51-31-37)56-45-23-13-11-21-41(45)43-29-42-40-20-10-12-22-44(40)55(46(42)30-47(43)56)38-18-8-3-9-19-38/h1-32,48-50,52-54H. The molecule has 56 heavy (non-hydrogen) atoms. The van der Waals surface area contributed by atoms with E-state index < -0.39 is 0 Å². The van der Waals surface area contributed by atoms with Crippen LogP contribution < -0.4 is 16.0 Å². The van der Waals surface area contributed by atoms with Crippen molar-refractivity contribution < 1.29 is 0 Å². The van der Waals surface area contributed by atoms with Gasteiger partial charge in [0, 0.05) is 39.0 Å². The van der Waals surface area contributed by atoms with E-state index in [1.807, 2.05) is 12.4 Å². The fraction of sp³-hybridized carbons (Fsp3) is 0.0600. The molecule has 6 nitrogen and oxygen atoms in total. The summed E-state index contributed by atoms with van der Waals surface area (Å²) >= 11 is 0. The van der Waals surface area contributed by atoms with Crippen molar-refractivity contribution in [1.29, 1.82) is 0 Å². The Bertz CT molecular complexity index is 3010. The molecule has 0 spiro atoms. The largest absolute Gasteiger partial charge is 0.309 e. The summed E-state index contributed by atoms with van der Waals surface area (Å²) in [4.78, 5) is 4.91. The molecule has 1 aliphatic rings. The van der Waals surface area contributed by atoms with Gasteiger partial charge in [0.1, 0.15) is 0 Å². The quantitative estimate of drug-likeness (QED) is 0.160. The molecule has 0 saturated carbocycles. The van der Waals surface area contributed by atoms with Gasteiger partial charge in [-0.3, -0.25) is 20.9 Å². The van der Waals surface area contributed by atoms with E-state index in [0.717, 1.165) is 28.0 Å². The van der Waals surface area contributed by atoms with Gasteiger partial charge in [0.25, 0.3) is 0 Å². The average Bonchev–Trinajstić information content (AvgIpc) is 3.78. The molecule has 10 aromatic rings. The minimum atomic E-state index is -0.187. The van der Waals surface area contributed by atoms with Gasteiger partial charge < -0.3 is 9.13 Å². The van der Waals surface area contributed by atoms with Crippen LogP contribution in [0.25, 0.3) is 66.1 Å². The van der Waals surface area contributed by atoms with Crippen LogP contribution >= 0.6 is 0 Å². The van der Waals surface area contributed by atoms with E-state index in [9.17, 15) is 0 Å². The number of nitrogens with zero attached hydrogens (tertiary/aromatic N) is 3. The molecular formula is C50H38N6. The third kappa shape index (κ3) is 5.50. The fourth-order valence-electron chi connectivity index (χ4n) is 8.66. The van der Waals surface area contributed by atoms with Crippen LogP contribution in [0.1, 0.15) is 35.2 Å². The lowest BCUT2D eigenvalue weighted by Crippen LogP contribution is -2.54. The van der Waals surface area contributed by atoms with E-state index in [2.05, 4.69) is 207 Å². The fourth-order valence-corrected chi connectivity index (χ4v) is 8.66. The summed E-state index contributed by atoms with van der Waals surface area (Å²) in [5.41, 5.74) is 12.6. The maximum absolute atomic E-state index is 4.91. The molecule has 3 unspecified atom stereocenters. The molecule has 3 atom stereocenters. The van der Waals surface area contributed by atoms with E-state index in [4.69, 9.17) is 4.98 Å². The topological polar surface area (TPSA) is 58.8 Å². The molecule has 1 saturated heterocycles. The molecule has 6 heteroatoms. The second-order valence-corrected chi connectivity index (χ2v) is 14.6. The van der Waals surface area contributed by atoms with Gasteiger partial charge in [0.2, 0.25) is 0 Å². The maximum atomic E-state index is 4.91. The summed E-state index contributed by atoms with van der Waals surface area (Å²) in [6, 6.07) is 65.1. The Kier molecular flexibility index (Phi) is 7.84. The predicted octanol–water partition coefficient (Wildman–Crippen LogP) is 11.1. The first-order valence-corrected chi connectivity index (χ1v) is 19.2. The number of benzene rings is 7. The van der Waals surface area contributed by atoms with Gasteiger partial charge >= 0.3 is 0 Å². The number of rotatable bonds is 6. The van der Waals surface area contributed by atoms with Gasteiger partial charge in [0.05, 0.1) is 52.4 Å². The van der Waals surface area contributed by atoms with E-state index in [0.29, 0.717) is 0 Å². The van der Waals surface area contributed by atoms with Crippen molar-refractivity contribution in [3.8, 4) is 22.5 Å². The Hall–Kier alpha value is -6.83. The molecule has 11 rings (SSSR count). The zero-order chi connectivity index (χ0) is 37.0. The van der Waals surface area contributed by atoms with E-state index in [1.165, 1.54) is 54.8 Å². The molecule has 4 heterocycles. The summed E-state index contributed by atoms with van der Waals surface area (Å²) in [5, 5.41) is 16.5. The molecule has 7 aromatic carbocycles. The summed E-state index contributed by atoms with van der Waals surface area (Å²) in [7, 11) is 0. The van der Waals surface area contributed by atoms with Crippen LogP contribution in [0.2, 0.25) is 0 Å². The Morgan fingerprint density at radius 1 is 0.339 bits per heavy atom. The van der Waals surface area contributed by atoms with Gasteiger partial charge in [-0.1, -0.05) is 140 Å². The van der Waals surface area contributed by atoms with Gasteiger partial charge in [0.15, 0.2) is 0 Å².